The minimum absolute atomic E-state index is 0.183. The van der Waals surface area contributed by atoms with Crippen LogP contribution in [-0.4, -0.2) is 18.7 Å². The normalized spacial score (nSPS) is 30.6. The Bertz CT molecular complexity index is 323. The predicted molar refractivity (Wildman–Crippen MR) is 66.4 cm³/mol. The highest BCUT2D eigenvalue weighted by Crippen LogP contribution is 2.28. The molecule has 3 atom stereocenters. The molecule has 1 aliphatic rings. The summed E-state index contributed by atoms with van der Waals surface area (Å²) in [5.74, 6) is 0.561. The first-order valence-electron chi connectivity index (χ1n) is 6.12. The summed E-state index contributed by atoms with van der Waals surface area (Å²) in [6.07, 6.45) is 0.503. The van der Waals surface area contributed by atoms with Crippen molar-refractivity contribution in [3.63, 3.8) is 0 Å². The van der Waals surface area contributed by atoms with Crippen molar-refractivity contribution in [1.29, 1.82) is 0 Å². The molecule has 0 aromatic heterocycles. The van der Waals surface area contributed by atoms with E-state index in [0.29, 0.717) is 18.1 Å². The first-order chi connectivity index (χ1) is 7.68. The van der Waals surface area contributed by atoms with Crippen molar-refractivity contribution < 1.29 is 4.74 Å². The second-order valence-electron chi connectivity index (χ2n) is 4.95. The van der Waals surface area contributed by atoms with E-state index in [2.05, 4.69) is 50.4 Å². The first-order valence-corrected chi connectivity index (χ1v) is 6.12. The molecule has 3 unspecified atom stereocenters. The van der Waals surface area contributed by atoms with E-state index in [4.69, 9.17) is 4.74 Å². The van der Waals surface area contributed by atoms with Crippen LogP contribution in [0, 0.1) is 5.92 Å². The van der Waals surface area contributed by atoms with Gasteiger partial charge in [-0.3, -0.25) is 0 Å². The zero-order valence-electron chi connectivity index (χ0n) is 10.3. The van der Waals surface area contributed by atoms with Gasteiger partial charge in [0.15, 0.2) is 0 Å². The van der Waals surface area contributed by atoms with E-state index in [1.54, 1.807) is 0 Å². The van der Waals surface area contributed by atoms with Crippen LogP contribution < -0.4 is 5.32 Å². The zero-order valence-corrected chi connectivity index (χ0v) is 10.3. The molecule has 0 amide bonds. The minimum Gasteiger partial charge on any atom is -0.367 e. The lowest BCUT2D eigenvalue weighted by Gasteiger charge is -2.37. The van der Waals surface area contributed by atoms with Gasteiger partial charge in [-0.1, -0.05) is 44.2 Å². The Labute approximate surface area is 98.0 Å². The van der Waals surface area contributed by atoms with Crippen LogP contribution in [-0.2, 0) is 4.74 Å². The SMILES string of the molecule is CC(C)C1CNC(C)C(c2ccccc2)O1. The fourth-order valence-corrected chi connectivity index (χ4v) is 2.17. The van der Waals surface area contributed by atoms with Crippen LogP contribution in [0.15, 0.2) is 30.3 Å². The summed E-state index contributed by atoms with van der Waals surface area (Å²) in [5.41, 5.74) is 1.27. The van der Waals surface area contributed by atoms with Crippen LogP contribution in [0.25, 0.3) is 0 Å². The second-order valence-corrected chi connectivity index (χ2v) is 4.95. The first kappa shape index (κ1) is 11.6. The molecule has 1 aromatic carbocycles. The minimum atomic E-state index is 0.183. The topological polar surface area (TPSA) is 21.3 Å². The van der Waals surface area contributed by atoms with Crippen LogP contribution in [0.5, 0.6) is 0 Å². The highest BCUT2D eigenvalue weighted by atomic mass is 16.5. The fourth-order valence-electron chi connectivity index (χ4n) is 2.17. The molecule has 0 aliphatic carbocycles. The van der Waals surface area contributed by atoms with E-state index < -0.39 is 0 Å². The maximum Gasteiger partial charge on any atom is 0.0979 e. The molecule has 2 nitrogen and oxygen atoms in total. The standard InChI is InChI=1S/C14H21NO/c1-10(2)13-9-15-11(3)14(16-13)12-7-5-4-6-8-12/h4-8,10-11,13-15H,9H2,1-3H3. The number of hydrogen-bond donors (Lipinski definition) is 1. The summed E-state index contributed by atoms with van der Waals surface area (Å²) in [6.45, 7) is 7.57. The molecule has 1 aromatic rings. The van der Waals surface area contributed by atoms with Crippen molar-refractivity contribution in [2.45, 2.75) is 39.0 Å². The number of morpholine rings is 1. The van der Waals surface area contributed by atoms with Crippen LogP contribution in [0.3, 0.4) is 0 Å². The molecule has 0 radical (unpaired) electrons. The Morgan fingerprint density at radius 3 is 2.56 bits per heavy atom. The smallest absolute Gasteiger partial charge is 0.0979 e. The Kier molecular flexibility index (Phi) is 3.62. The molecule has 2 rings (SSSR count). The molecule has 0 bridgehead atoms. The summed E-state index contributed by atoms with van der Waals surface area (Å²) >= 11 is 0. The van der Waals surface area contributed by atoms with Crippen molar-refractivity contribution in [3.8, 4) is 0 Å². The molecule has 88 valence electrons. The Balaban J connectivity index is 2.13. The number of rotatable bonds is 2. The Hall–Kier alpha value is -0.860. The van der Waals surface area contributed by atoms with Gasteiger partial charge in [0, 0.05) is 12.6 Å². The summed E-state index contributed by atoms with van der Waals surface area (Å²) < 4.78 is 6.18. The molecule has 1 saturated heterocycles. The zero-order chi connectivity index (χ0) is 11.5. The fraction of sp³-hybridized carbons (Fsp3) is 0.571. The molecule has 1 aliphatic heterocycles. The summed E-state index contributed by atoms with van der Waals surface area (Å²) in [6, 6.07) is 10.9. The third-order valence-corrected chi connectivity index (χ3v) is 3.29. The summed E-state index contributed by atoms with van der Waals surface area (Å²) in [7, 11) is 0. The lowest BCUT2D eigenvalue weighted by Crippen LogP contribution is -2.48. The van der Waals surface area contributed by atoms with E-state index in [9.17, 15) is 0 Å². The Morgan fingerprint density at radius 1 is 1.25 bits per heavy atom. The average molecular weight is 219 g/mol. The number of benzene rings is 1. The lowest BCUT2D eigenvalue weighted by molar-refractivity contribution is -0.0806. The lowest BCUT2D eigenvalue weighted by atomic mass is 9.98. The largest absolute Gasteiger partial charge is 0.367 e. The van der Waals surface area contributed by atoms with E-state index >= 15 is 0 Å². The van der Waals surface area contributed by atoms with Crippen molar-refractivity contribution in [2.75, 3.05) is 6.54 Å². The molecule has 0 spiro atoms. The summed E-state index contributed by atoms with van der Waals surface area (Å²) in [4.78, 5) is 0. The van der Waals surface area contributed by atoms with E-state index in [0.717, 1.165) is 6.54 Å². The van der Waals surface area contributed by atoms with E-state index in [-0.39, 0.29) is 6.10 Å². The van der Waals surface area contributed by atoms with Gasteiger partial charge < -0.3 is 10.1 Å². The Morgan fingerprint density at radius 2 is 1.94 bits per heavy atom. The van der Waals surface area contributed by atoms with E-state index in [1.165, 1.54) is 5.56 Å². The highest BCUT2D eigenvalue weighted by molar-refractivity contribution is 5.19. The van der Waals surface area contributed by atoms with Crippen LogP contribution in [0.4, 0.5) is 0 Å². The van der Waals surface area contributed by atoms with Crippen molar-refractivity contribution >= 4 is 0 Å². The van der Waals surface area contributed by atoms with Gasteiger partial charge in [0.2, 0.25) is 0 Å². The van der Waals surface area contributed by atoms with Gasteiger partial charge >= 0.3 is 0 Å². The van der Waals surface area contributed by atoms with Gasteiger partial charge in [0.05, 0.1) is 12.2 Å². The average Bonchev–Trinajstić information content (AvgIpc) is 2.30. The van der Waals surface area contributed by atoms with Crippen LogP contribution in [0.2, 0.25) is 0 Å². The third kappa shape index (κ3) is 2.45. The number of hydrogen-bond acceptors (Lipinski definition) is 2. The van der Waals surface area contributed by atoms with Crippen molar-refractivity contribution in [3.05, 3.63) is 35.9 Å². The van der Waals surface area contributed by atoms with Gasteiger partial charge in [0.25, 0.3) is 0 Å². The van der Waals surface area contributed by atoms with Gasteiger partial charge in [-0.15, -0.1) is 0 Å². The maximum absolute atomic E-state index is 6.18. The number of ether oxygens (including phenoxy) is 1. The van der Waals surface area contributed by atoms with E-state index in [1.807, 2.05) is 6.07 Å². The number of nitrogens with one attached hydrogen (secondary N) is 1. The monoisotopic (exact) mass is 219 g/mol. The van der Waals surface area contributed by atoms with Gasteiger partial charge in [0.1, 0.15) is 0 Å². The molecule has 1 N–H and O–H groups in total. The van der Waals surface area contributed by atoms with Crippen LogP contribution in [0.1, 0.15) is 32.4 Å². The quantitative estimate of drug-likeness (QED) is 0.826. The molecular weight excluding hydrogens is 198 g/mol. The predicted octanol–water partition coefficient (Wildman–Crippen LogP) is 2.76. The third-order valence-electron chi connectivity index (χ3n) is 3.29. The molecule has 2 heteroatoms. The highest BCUT2D eigenvalue weighted by Gasteiger charge is 2.30. The second kappa shape index (κ2) is 4.98. The maximum atomic E-state index is 6.18. The van der Waals surface area contributed by atoms with Gasteiger partial charge in [-0.05, 0) is 18.4 Å². The van der Waals surface area contributed by atoms with Crippen molar-refractivity contribution in [1.82, 2.24) is 5.32 Å². The van der Waals surface area contributed by atoms with Crippen molar-refractivity contribution in [2.24, 2.45) is 5.92 Å². The molecule has 16 heavy (non-hydrogen) atoms. The molecule has 1 fully saturated rings. The van der Waals surface area contributed by atoms with Crippen LogP contribution >= 0.6 is 0 Å². The van der Waals surface area contributed by atoms with Gasteiger partial charge in [-0.2, -0.15) is 0 Å². The summed E-state index contributed by atoms with van der Waals surface area (Å²) in [5, 5.41) is 3.54. The van der Waals surface area contributed by atoms with Gasteiger partial charge in [-0.25, -0.2) is 0 Å². The molecule has 0 saturated carbocycles. The molecule has 1 heterocycles. The molecular formula is C14H21NO.